The van der Waals surface area contributed by atoms with Gasteiger partial charge < -0.3 is 10.2 Å². The molecule has 0 aliphatic rings. The molecule has 0 saturated heterocycles. The van der Waals surface area contributed by atoms with E-state index in [1.807, 2.05) is 0 Å². The zero-order valence-corrected chi connectivity index (χ0v) is 14.2. The van der Waals surface area contributed by atoms with E-state index in [0.29, 0.717) is 12.8 Å². The van der Waals surface area contributed by atoms with Crippen molar-refractivity contribution in [1.29, 1.82) is 0 Å². The van der Waals surface area contributed by atoms with Crippen molar-refractivity contribution in [3.63, 3.8) is 0 Å². The van der Waals surface area contributed by atoms with Crippen LogP contribution in [0.4, 0.5) is 0 Å². The lowest BCUT2D eigenvalue weighted by Crippen LogP contribution is -2.41. The molecule has 1 heterocycles. The maximum atomic E-state index is 12.1. The minimum atomic E-state index is -3.87. The van der Waals surface area contributed by atoms with E-state index >= 15 is 0 Å². The lowest BCUT2D eigenvalue weighted by molar-refractivity contribution is 0.0377. The zero-order chi connectivity index (χ0) is 15.6. The lowest BCUT2D eigenvalue weighted by atomic mass is 9.98. The minimum Gasteiger partial charge on any atom is -0.477 e. The highest BCUT2D eigenvalue weighted by atomic mass is 79.9. The van der Waals surface area contributed by atoms with Gasteiger partial charge in [0.2, 0.25) is 10.0 Å². The summed E-state index contributed by atoms with van der Waals surface area (Å²) in [4.78, 5) is 10.6. The molecule has 0 aromatic carbocycles. The van der Waals surface area contributed by atoms with Crippen molar-refractivity contribution in [3.05, 3.63) is 14.7 Å². The first-order valence-electron chi connectivity index (χ1n) is 5.90. The summed E-state index contributed by atoms with van der Waals surface area (Å²) in [6.07, 6.45) is 0.828. The summed E-state index contributed by atoms with van der Waals surface area (Å²) in [5.74, 6) is -1.18. The third-order valence-corrected chi connectivity index (χ3v) is 6.70. The van der Waals surface area contributed by atoms with Gasteiger partial charge in [-0.05, 0) is 34.8 Å². The lowest BCUT2D eigenvalue weighted by Gasteiger charge is -2.25. The Hall–Kier alpha value is -0.480. The molecule has 3 N–H and O–H groups in total. The molecular weight excluding hydrogens is 370 g/mol. The van der Waals surface area contributed by atoms with E-state index < -0.39 is 21.6 Å². The zero-order valence-electron chi connectivity index (χ0n) is 11.0. The first kappa shape index (κ1) is 17.6. The number of aromatic carboxylic acids is 1. The Morgan fingerprint density at radius 1 is 1.45 bits per heavy atom. The molecule has 1 aromatic heterocycles. The van der Waals surface area contributed by atoms with Crippen molar-refractivity contribution in [1.82, 2.24) is 4.72 Å². The van der Waals surface area contributed by atoms with Gasteiger partial charge in [0, 0.05) is 6.54 Å². The fourth-order valence-corrected chi connectivity index (χ4v) is 4.97. The molecule has 114 valence electrons. The second-order valence-electron chi connectivity index (χ2n) is 4.31. The van der Waals surface area contributed by atoms with E-state index in [-0.39, 0.29) is 20.1 Å². The van der Waals surface area contributed by atoms with E-state index in [1.54, 1.807) is 13.8 Å². The van der Waals surface area contributed by atoms with Gasteiger partial charge in [-0.2, -0.15) is 0 Å². The molecule has 9 heteroatoms. The molecular formula is C11H16BrNO5S2. The molecule has 1 aromatic rings. The van der Waals surface area contributed by atoms with Crippen molar-refractivity contribution in [2.45, 2.75) is 37.2 Å². The fraction of sp³-hybridized carbons (Fsp3) is 0.545. The summed E-state index contributed by atoms with van der Waals surface area (Å²) in [5.41, 5.74) is -1.11. The molecule has 20 heavy (non-hydrogen) atoms. The predicted molar refractivity (Wildman–Crippen MR) is 79.7 cm³/mol. The number of rotatable bonds is 7. The van der Waals surface area contributed by atoms with Crippen LogP contribution in [0.15, 0.2) is 14.7 Å². The molecule has 0 unspecified atom stereocenters. The highest BCUT2D eigenvalue weighted by Gasteiger charge is 2.28. The number of carboxylic acid groups (broad SMARTS) is 1. The van der Waals surface area contributed by atoms with Crippen LogP contribution < -0.4 is 4.72 Å². The van der Waals surface area contributed by atoms with Crippen LogP contribution >= 0.6 is 27.3 Å². The Morgan fingerprint density at radius 3 is 2.40 bits per heavy atom. The van der Waals surface area contributed by atoms with E-state index in [0.717, 1.165) is 17.4 Å². The van der Waals surface area contributed by atoms with Gasteiger partial charge in [-0.1, -0.05) is 13.8 Å². The van der Waals surface area contributed by atoms with Gasteiger partial charge in [0.15, 0.2) is 0 Å². The first-order chi connectivity index (χ1) is 9.15. The normalized spacial score (nSPS) is 12.6. The number of carbonyl (C=O) groups is 1. The molecule has 1 rings (SSSR count). The molecule has 0 spiro atoms. The maximum Gasteiger partial charge on any atom is 0.345 e. The minimum absolute atomic E-state index is 0.0708. The molecule has 0 amide bonds. The van der Waals surface area contributed by atoms with Gasteiger partial charge in [0.1, 0.15) is 9.77 Å². The number of thiophene rings is 1. The number of hydrogen-bond acceptors (Lipinski definition) is 5. The summed E-state index contributed by atoms with van der Waals surface area (Å²) in [7, 11) is -3.87. The molecule has 0 radical (unpaired) electrons. The maximum absolute atomic E-state index is 12.1. The summed E-state index contributed by atoms with van der Waals surface area (Å²) < 4.78 is 26.8. The highest BCUT2D eigenvalue weighted by molar-refractivity contribution is 9.11. The first-order valence-corrected chi connectivity index (χ1v) is 8.99. The Kier molecular flexibility index (Phi) is 5.73. The molecule has 0 saturated carbocycles. The van der Waals surface area contributed by atoms with Gasteiger partial charge in [-0.25, -0.2) is 17.9 Å². The van der Waals surface area contributed by atoms with Crippen molar-refractivity contribution in [2.24, 2.45) is 0 Å². The molecule has 0 aliphatic carbocycles. The Morgan fingerprint density at radius 2 is 2.00 bits per heavy atom. The standard InChI is InChI=1S/C11H16BrNO5S2/c1-3-11(16,4-2)6-13-20(17,18)8-5-7(10(14)15)19-9(8)12/h5,13,16H,3-4,6H2,1-2H3,(H,14,15). The van der Waals surface area contributed by atoms with E-state index in [9.17, 15) is 18.3 Å². The van der Waals surface area contributed by atoms with Crippen molar-refractivity contribution in [3.8, 4) is 0 Å². The summed E-state index contributed by atoms with van der Waals surface area (Å²) in [6, 6.07) is 1.09. The topological polar surface area (TPSA) is 104 Å². The fourth-order valence-electron chi connectivity index (χ4n) is 1.45. The van der Waals surface area contributed by atoms with E-state index in [4.69, 9.17) is 5.11 Å². The van der Waals surface area contributed by atoms with Crippen LogP contribution in [0.25, 0.3) is 0 Å². The highest BCUT2D eigenvalue weighted by Crippen LogP contribution is 2.31. The summed E-state index contributed by atoms with van der Waals surface area (Å²) in [6.45, 7) is 3.41. The van der Waals surface area contributed by atoms with Gasteiger partial charge >= 0.3 is 5.97 Å². The molecule has 6 nitrogen and oxygen atoms in total. The SMILES string of the molecule is CCC(O)(CC)CNS(=O)(=O)c1cc(C(=O)O)sc1Br. The van der Waals surface area contributed by atoms with Gasteiger partial charge in [-0.15, -0.1) is 11.3 Å². The predicted octanol–water partition coefficient (Wildman–Crippen LogP) is 2.04. The number of carboxylic acids is 1. The largest absolute Gasteiger partial charge is 0.477 e. The third kappa shape index (κ3) is 4.01. The van der Waals surface area contributed by atoms with Gasteiger partial charge in [0.25, 0.3) is 0 Å². The Labute approximate surface area is 130 Å². The van der Waals surface area contributed by atoms with Crippen molar-refractivity contribution in [2.75, 3.05) is 6.54 Å². The van der Waals surface area contributed by atoms with Crippen LogP contribution in [0.2, 0.25) is 0 Å². The molecule has 0 atom stereocenters. The monoisotopic (exact) mass is 385 g/mol. The van der Waals surface area contributed by atoms with Crippen LogP contribution in [0, 0.1) is 0 Å². The summed E-state index contributed by atoms with van der Waals surface area (Å²) >= 11 is 3.88. The Bertz CT molecular complexity index is 592. The second kappa shape index (κ2) is 6.52. The van der Waals surface area contributed by atoms with Crippen LogP contribution in [-0.2, 0) is 10.0 Å². The number of halogens is 1. The van der Waals surface area contributed by atoms with E-state index in [1.165, 1.54) is 0 Å². The number of aliphatic hydroxyl groups is 1. The van der Waals surface area contributed by atoms with Gasteiger partial charge in [0.05, 0.1) is 9.39 Å². The molecule has 0 aliphatic heterocycles. The Balaban J connectivity index is 2.98. The van der Waals surface area contributed by atoms with Crippen molar-refractivity contribution < 1.29 is 23.4 Å². The average molecular weight is 386 g/mol. The van der Waals surface area contributed by atoms with E-state index in [2.05, 4.69) is 20.7 Å². The van der Waals surface area contributed by atoms with Crippen LogP contribution in [0.3, 0.4) is 0 Å². The number of nitrogens with one attached hydrogen (secondary N) is 1. The van der Waals surface area contributed by atoms with Crippen LogP contribution in [0.5, 0.6) is 0 Å². The molecule has 0 bridgehead atoms. The second-order valence-corrected chi connectivity index (χ2v) is 8.42. The summed E-state index contributed by atoms with van der Waals surface area (Å²) in [5, 5.41) is 18.9. The quantitative estimate of drug-likeness (QED) is 0.665. The van der Waals surface area contributed by atoms with Gasteiger partial charge in [-0.3, -0.25) is 0 Å². The third-order valence-electron chi connectivity index (χ3n) is 3.06. The number of sulfonamides is 1. The van der Waals surface area contributed by atoms with Crippen LogP contribution in [-0.4, -0.2) is 36.7 Å². The smallest absolute Gasteiger partial charge is 0.345 e. The molecule has 0 fully saturated rings. The van der Waals surface area contributed by atoms with Crippen LogP contribution in [0.1, 0.15) is 36.4 Å². The number of hydrogen-bond donors (Lipinski definition) is 3. The van der Waals surface area contributed by atoms with Crippen molar-refractivity contribution >= 4 is 43.3 Å². The average Bonchev–Trinajstić information content (AvgIpc) is 2.79.